The topological polar surface area (TPSA) is 84.6 Å². The average molecular weight is 429 g/mol. The summed E-state index contributed by atoms with van der Waals surface area (Å²) >= 11 is 0. The molecule has 5 rings (SSSR count). The van der Waals surface area contributed by atoms with E-state index >= 15 is 0 Å². The summed E-state index contributed by atoms with van der Waals surface area (Å²) in [4.78, 5) is 24.9. The van der Waals surface area contributed by atoms with Crippen molar-refractivity contribution in [2.24, 2.45) is 0 Å². The third-order valence-electron chi connectivity index (χ3n) is 5.44. The maximum Gasteiger partial charge on any atom is 0.223 e. The van der Waals surface area contributed by atoms with Crippen LogP contribution in [0.15, 0.2) is 65.5 Å². The second-order valence-electron chi connectivity index (χ2n) is 7.75. The summed E-state index contributed by atoms with van der Waals surface area (Å²) in [6, 6.07) is 9.60. The first kappa shape index (κ1) is 20.0. The van der Waals surface area contributed by atoms with Crippen molar-refractivity contribution >= 4 is 11.6 Å². The van der Waals surface area contributed by atoms with Crippen LogP contribution in [0.2, 0.25) is 0 Å². The third kappa shape index (κ3) is 4.25. The molecule has 8 nitrogen and oxygen atoms in total. The fraction of sp³-hybridized carbons (Fsp3) is 0.250. The summed E-state index contributed by atoms with van der Waals surface area (Å²) in [5, 5.41) is 3.88. The molecule has 0 saturated carbocycles. The van der Waals surface area contributed by atoms with Gasteiger partial charge in [-0.1, -0.05) is 17.3 Å². The third-order valence-corrected chi connectivity index (χ3v) is 5.44. The monoisotopic (exact) mass is 429 g/mol. The summed E-state index contributed by atoms with van der Waals surface area (Å²) in [6.07, 6.45) is 11.4. The van der Waals surface area contributed by atoms with Crippen molar-refractivity contribution in [3.63, 3.8) is 0 Å². The number of benzene rings is 1. The number of pyridine rings is 1. The largest absolute Gasteiger partial charge is 0.456 e. The number of rotatable bonds is 6. The fourth-order valence-corrected chi connectivity index (χ4v) is 3.87. The van der Waals surface area contributed by atoms with Crippen molar-refractivity contribution < 1.29 is 14.1 Å². The summed E-state index contributed by atoms with van der Waals surface area (Å²) in [6.45, 7) is 3.88. The molecule has 0 bridgehead atoms. The Kier molecular flexibility index (Phi) is 5.41. The lowest BCUT2D eigenvalue weighted by molar-refractivity contribution is -0.128. The highest BCUT2D eigenvalue weighted by molar-refractivity contribution is 5.78. The Morgan fingerprint density at radius 2 is 2.06 bits per heavy atom. The number of ether oxygens (including phenoxy) is 1. The molecule has 1 saturated heterocycles. The molecule has 0 spiro atoms. The van der Waals surface area contributed by atoms with Crippen LogP contribution >= 0.6 is 0 Å². The lowest BCUT2D eigenvalue weighted by Crippen LogP contribution is -2.26. The first-order chi connectivity index (χ1) is 15.7. The van der Waals surface area contributed by atoms with Gasteiger partial charge in [0.15, 0.2) is 0 Å². The molecule has 1 aromatic carbocycles. The van der Waals surface area contributed by atoms with E-state index in [4.69, 9.17) is 9.26 Å². The summed E-state index contributed by atoms with van der Waals surface area (Å²) in [5.41, 5.74) is 2.73. The highest BCUT2D eigenvalue weighted by Crippen LogP contribution is 2.31. The van der Waals surface area contributed by atoms with Gasteiger partial charge in [0, 0.05) is 44.9 Å². The van der Waals surface area contributed by atoms with Gasteiger partial charge in [-0.2, -0.15) is 4.98 Å². The van der Waals surface area contributed by atoms with Gasteiger partial charge in [0.25, 0.3) is 0 Å². The number of likely N-dealkylation sites (tertiary alicyclic amines) is 1. The molecule has 162 valence electrons. The number of hydrogen-bond acceptors (Lipinski definition) is 7. The van der Waals surface area contributed by atoms with E-state index in [0.29, 0.717) is 41.9 Å². The smallest absolute Gasteiger partial charge is 0.223 e. The van der Waals surface area contributed by atoms with Crippen LogP contribution in [-0.4, -0.2) is 39.0 Å². The summed E-state index contributed by atoms with van der Waals surface area (Å²) in [5.74, 6) is 2.43. The molecule has 0 N–H and O–H groups in total. The lowest BCUT2D eigenvalue weighted by Gasteiger charge is -2.26. The van der Waals surface area contributed by atoms with Crippen molar-refractivity contribution in [3.05, 3.63) is 72.4 Å². The van der Waals surface area contributed by atoms with Crippen LogP contribution in [0.25, 0.3) is 11.5 Å². The van der Waals surface area contributed by atoms with Gasteiger partial charge in [-0.3, -0.25) is 4.79 Å². The number of hydrogen-bond donors (Lipinski definition) is 0. The molecule has 1 fully saturated rings. The van der Waals surface area contributed by atoms with Crippen molar-refractivity contribution in [1.82, 2.24) is 20.0 Å². The van der Waals surface area contributed by atoms with E-state index in [9.17, 15) is 4.79 Å². The highest BCUT2D eigenvalue weighted by Gasteiger charge is 2.22. The molecule has 0 radical (unpaired) electrons. The van der Waals surface area contributed by atoms with Crippen molar-refractivity contribution in [1.29, 1.82) is 0 Å². The molecule has 32 heavy (non-hydrogen) atoms. The van der Waals surface area contributed by atoms with Gasteiger partial charge >= 0.3 is 0 Å². The van der Waals surface area contributed by atoms with E-state index in [2.05, 4.69) is 26.1 Å². The van der Waals surface area contributed by atoms with Gasteiger partial charge in [0.1, 0.15) is 17.2 Å². The maximum absolute atomic E-state index is 12.2. The van der Waals surface area contributed by atoms with Crippen molar-refractivity contribution in [3.8, 4) is 23.0 Å². The molecule has 8 heteroatoms. The Labute approximate surface area is 185 Å². The van der Waals surface area contributed by atoms with Gasteiger partial charge in [0.05, 0.1) is 6.20 Å². The number of amides is 1. The minimum atomic E-state index is 0.202. The van der Waals surface area contributed by atoms with E-state index < -0.39 is 0 Å². The molecule has 4 heterocycles. The minimum Gasteiger partial charge on any atom is -0.456 e. The van der Waals surface area contributed by atoms with Crippen LogP contribution < -0.4 is 9.64 Å². The quantitative estimate of drug-likeness (QED) is 0.579. The van der Waals surface area contributed by atoms with Crippen LogP contribution in [0.1, 0.15) is 24.3 Å². The predicted octanol–water partition coefficient (Wildman–Crippen LogP) is 4.24. The zero-order chi connectivity index (χ0) is 21.9. The van der Waals surface area contributed by atoms with Gasteiger partial charge in [-0.25, -0.2) is 4.98 Å². The maximum atomic E-state index is 12.2. The second kappa shape index (κ2) is 8.66. The van der Waals surface area contributed by atoms with Crippen LogP contribution in [0.5, 0.6) is 11.5 Å². The van der Waals surface area contributed by atoms with E-state index in [1.54, 1.807) is 19.2 Å². The molecular weight excluding hydrogens is 406 g/mol. The summed E-state index contributed by atoms with van der Waals surface area (Å²) < 4.78 is 11.1. The zero-order valence-corrected chi connectivity index (χ0v) is 17.8. The van der Waals surface area contributed by atoms with Crippen LogP contribution in [0.4, 0.5) is 5.69 Å². The predicted molar refractivity (Wildman–Crippen MR) is 119 cm³/mol. The number of nitrogens with zero attached hydrogens (tertiary/aromatic N) is 5. The van der Waals surface area contributed by atoms with Crippen LogP contribution in [0, 0.1) is 6.92 Å². The first-order valence-electron chi connectivity index (χ1n) is 10.6. The SMILES string of the molecule is Cc1nc(-c2ccc(Oc3ccc(N4C=CC=CC4)c(CN4CCCC4=O)c3)cn2)no1. The number of allylic oxidation sites excluding steroid dienone is 2. The number of aromatic nitrogens is 3. The fourth-order valence-electron chi connectivity index (χ4n) is 3.87. The Balaban J connectivity index is 1.38. The standard InChI is InChI=1S/C24H23N5O3/c1-17-26-24(27-32-17)21-9-7-20(15-25-21)31-19-8-10-22(28-11-3-2-4-12-28)18(14-19)16-29-13-5-6-23(29)30/h2-4,7-11,14-15H,5-6,12-13,16H2,1H3. The number of aryl methyl sites for hydroxylation is 1. The molecule has 2 aromatic heterocycles. The Morgan fingerprint density at radius 1 is 1.16 bits per heavy atom. The molecule has 0 aliphatic carbocycles. The van der Waals surface area contributed by atoms with Crippen molar-refractivity contribution in [2.75, 3.05) is 18.0 Å². The first-order valence-corrected chi connectivity index (χ1v) is 10.6. The minimum absolute atomic E-state index is 0.202. The Morgan fingerprint density at radius 3 is 2.75 bits per heavy atom. The van der Waals surface area contributed by atoms with E-state index in [1.165, 1.54) is 0 Å². The van der Waals surface area contributed by atoms with E-state index in [-0.39, 0.29) is 5.91 Å². The summed E-state index contributed by atoms with van der Waals surface area (Å²) in [7, 11) is 0. The molecular formula is C24H23N5O3. The molecule has 0 atom stereocenters. The second-order valence-corrected chi connectivity index (χ2v) is 7.75. The number of anilines is 1. The van der Waals surface area contributed by atoms with Gasteiger partial charge < -0.3 is 19.1 Å². The average Bonchev–Trinajstić information content (AvgIpc) is 3.43. The molecule has 0 unspecified atom stereocenters. The highest BCUT2D eigenvalue weighted by atomic mass is 16.5. The lowest BCUT2D eigenvalue weighted by atomic mass is 10.1. The molecule has 1 amide bonds. The normalized spacial score (nSPS) is 15.6. The number of carbonyl (C=O) groups excluding carboxylic acids is 1. The zero-order valence-electron chi connectivity index (χ0n) is 17.8. The molecule has 3 aromatic rings. The Hall–Kier alpha value is -3.94. The van der Waals surface area contributed by atoms with Crippen LogP contribution in [0.3, 0.4) is 0 Å². The molecule has 2 aliphatic heterocycles. The van der Waals surface area contributed by atoms with Gasteiger partial charge in [0.2, 0.25) is 17.6 Å². The van der Waals surface area contributed by atoms with Crippen molar-refractivity contribution in [2.45, 2.75) is 26.3 Å². The van der Waals surface area contributed by atoms with Gasteiger partial charge in [-0.05, 0) is 48.4 Å². The molecule has 2 aliphatic rings. The van der Waals surface area contributed by atoms with Gasteiger partial charge in [-0.15, -0.1) is 0 Å². The van der Waals surface area contributed by atoms with Crippen LogP contribution in [-0.2, 0) is 11.3 Å². The van der Waals surface area contributed by atoms with E-state index in [1.807, 2.05) is 47.5 Å². The number of carbonyl (C=O) groups is 1. The van der Waals surface area contributed by atoms with E-state index in [0.717, 1.165) is 30.8 Å². The Bertz CT molecular complexity index is 1180.